The van der Waals surface area contributed by atoms with E-state index in [2.05, 4.69) is 6.92 Å². The van der Waals surface area contributed by atoms with Crippen LogP contribution in [0.5, 0.6) is 0 Å². The van der Waals surface area contributed by atoms with Gasteiger partial charge >= 0.3 is 5.97 Å². The molecule has 14 heavy (non-hydrogen) atoms. The van der Waals surface area contributed by atoms with E-state index in [1.54, 1.807) is 0 Å². The van der Waals surface area contributed by atoms with Crippen molar-refractivity contribution in [3.05, 3.63) is 23.5 Å². The van der Waals surface area contributed by atoms with Crippen molar-refractivity contribution in [2.24, 2.45) is 7.05 Å². The maximum Gasteiger partial charge on any atom is 0.354 e. The van der Waals surface area contributed by atoms with E-state index in [-0.39, 0.29) is 5.97 Å². The molecule has 0 fully saturated rings. The Morgan fingerprint density at radius 1 is 1.50 bits per heavy atom. The van der Waals surface area contributed by atoms with Gasteiger partial charge in [-0.15, -0.1) is 0 Å². The van der Waals surface area contributed by atoms with Crippen molar-refractivity contribution in [3.63, 3.8) is 0 Å². The molecule has 1 aromatic rings. The van der Waals surface area contributed by atoms with Gasteiger partial charge in [-0.2, -0.15) is 0 Å². The van der Waals surface area contributed by atoms with Crippen LogP contribution < -0.4 is 0 Å². The lowest BCUT2D eigenvalue weighted by Gasteiger charge is -2.01. The Morgan fingerprint density at radius 2 is 2.21 bits per heavy atom. The first-order chi connectivity index (χ1) is 6.69. The summed E-state index contributed by atoms with van der Waals surface area (Å²) in [5.74, 6) is -0.239. The van der Waals surface area contributed by atoms with Gasteiger partial charge in [-0.25, -0.2) is 4.79 Å². The second-order valence-electron chi connectivity index (χ2n) is 3.31. The molecule has 1 rings (SSSR count). The highest BCUT2D eigenvalue weighted by molar-refractivity contribution is 5.88. The SMILES string of the molecule is CCCc1cc(C(=O)OCC)n(C)c1. The summed E-state index contributed by atoms with van der Waals surface area (Å²) >= 11 is 0. The van der Waals surface area contributed by atoms with E-state index >= 15 is 0 Å². The molecule has 1 aromatic heterocycles. The maximum absolute atomic E-state index is 11.4. The molecule has 0 amide bonds. The van der Waals surface area contributed by atoms with Crippen LogP contribution in [0, 0.1) is 0 Å². The lowest BCUT2D eigenvalue weighted by Crippen LogP contribution is -2.08. The number of hydrogen-bond acceptors (Lipinski definition) is 2. The largest absolute Gasteiger partial charge is 0.461 e. The molecule has 0 unspecified atom stereocenters. The third-order valence-corrected chi connectivity index (χ3v) is 2.08. The maximum atomic E-state index is 11.4. The van der Waals surface area contributed by atoms with Gasteiger partial charge < -0.3 is 9.30 Å². The number of ether oxygens (including phenoxy) is 1. The summed E-state index contributed by atoms with van der Waals surface area (Å²) in [6.45, 7) is 4.36. The number of esters is 1. The fourth-order valence-corrected chi connectivity index (χ4v) is 1.47. The molecule has 0 atom stereocenters. The van der Waals surface area contributed by atoms with Crippen LogP contribution in [-0.4, -0.2) is 17.1 Å². The van der Waals surface area contributed by atoms with Crippen molar-refractivity contribution in [1.82, 2.24) is 4.57 Å². The lowest BCUT2D eigenvalue weighted by atomic mass is 10.2. The van der Waals surface area contributed by atoms with E-state index < -0.39 is 0 Å². The molecule has 3 heteroatoms. The van der Waals surface area contributed by atoms with Gasteiger partial charge in [-0.05, 0) is 25.0 Å². The lowest BCUT2D eigenvalue weighted by molar-refractivity contribution is 0.0515. The van der Waals surface area contributed by atoms with Gasteiger partial charge in [0.15, 0.2) is 0 Å². The summed E-state index contributed by atoms with van der Waals surface area (Å²) in [5.41, 5.74) is 1.83. The fraction of sp³-hybridized carbons (Fsp3) is 0.545. The molecule has 0 aliphatic rings. The van der Waals surface area contributed by atoms with Crippen LogP contribution in [0.25, 0.3) is 0 Å². The minimum atomic E-state index is -0.239. The van der Waals surface area contributed by atoms with Gasteiger partial charge in [0.05, 0.1) is 6.61 Å². The van der Waals surface area contributed by atoms with Gasteiger partial charge in [-0.1, -0.05) is 13.3 Å². The van der Waals surface area contributed by atoms with Crippen molar-refractivity contribution in [1.29, 1.82) is 0 Å². The van der Waals surface area contributed by atoms with Crippen LogP contribution in [0.4, 0.5) is 0 Å². The second kappa shape index (κ2) is 4.84. The van der Waals surface area contributed by atoms with E-state index in [1.165, 1.54) is 5.56 Å². The van der Waals surface area contributed by atoms with Gasteiger partial charge in [0.2, 0.25) is 0 Å². The molecular formula is C11H17NO2. The smallest absolute Gasteiger partial charge is 0.354 e. The molecule has 0 bridgehead atoms. The zero-order valence-electron chi connectivity index (χ0n) is 9.04. The van der Waals surface area contributed by atoms with Gasteiger partial charge in [0, 0.05) is 13.2 Å². The highest BCUT2D eigenvalue weighted by atomic mass is 16.5. The number of aryl methyl sites for hydroxylation is 2. The minimum absolute atomic E-state index is 0.239. The Balaban J connectivity index is 2.81. The number of carbonyl (C=O) groups excluding carboxylic acids is 1. The number of carbonyl (C=O) groups is 1. The van der Waals surface area contributed by atoms with Crippen LogP contribution in [-0.2, 0) is 18.2 Å². The van der Waals surface area contributed by atoms with Crippen LogP contribution in [0.15, 0.2) is 12.3 Å². The zero-order valence-corrected chi connectivity index (χ0v) is 9.04. The van der Waals surface area contributed by atoms with Crippen LogP contribution >= 0.6 is 0 Å². The molecular weight excluding hydrogens is 178 g/mol. The molecule has 78 valence electrons. The summed E-state index contributed by atoms with van der Waals surface area (Å²) in [7, 11) is 1.87. The van der Waals surface area contributed by atoms with E-state index in [9.17, 15) is 4.79 Å². The minimum Gasteiger partial charge on any atom is -0.461 e. The molecule has 0 saturated carbocycles. The summed E-state index contributed by atoms with van der Waals surface area (Å²) in [4.78, 5) is 11.4. The molecule has 1 heterocycles. The topological polar surface area (TPSA) is 31.2 Å². The Bertz CT molecular complexity index is 315. The van der Waals surface area contributed by atoms with Crippen molar-refractivity contribution in [3.8, 4) is 0 Å². The molecule has 0 aromatic carbocycles. The summed E-state index contributed by atoms with van der Waals surface area (Å²) in [6, 6.07) is 1.90. The molecule has 0 radical (unpaired) electrons. The van der Waals surface area contributed by atoms with E-state index in [0.717, 1.165) is 12.8 Å². The predicted octanol–water partition coefficient (Wildman–Crippen LogP) is 2.15. The highest BCUT2D eigenvalue weighted by Gasteiger charge is 2.11. The Morgan fingerprint density at radius 3 is 2.79 bits per heavy atom. The van der Waals surface area contributed by atoms with Crippen LogP contribution in [0.2, 0.25) is 0 Å². The zero-order chi connectivity index (χ0) is 10.6. The molecule has 0 aliphatic carbocycles. The number of nitrogens with zero attached hydrogens (tertiary/aromatic N) is 1. The average Bonchev–Trinajstić information content (AvgIpc) is 2.48. The average molecular weight is 195 g/mol. The standard InChI is InChI=1S/C11H17NO2/c1-4-6-9-7-10(12(3)8-9)11(13)14-5-2/h7-8H,4-6H2,1-3H3. The van der Waals surface area contributed by atoms with Crippen LogP contribution in [0.3, 0.4) is 0 Å². The third kappa shape index (κ3) is 2.37. The summed E-state index contributed by atoms with van der Waals surface area (Å²) in [5, 5.41) is 0. The van der Waals surface area contributed by atoms with Crippen molar-refractivity contribution in [2.75, 3.05) is 6.61 Å². The Labute approximate surface area is 84.7 Å². The van der Waals surface area contributed by atoms with Crippen molar-refractivity contribution in [2.45, 2.75) is 26.7 Å². The van der Waals surface area contributed by atoms with Crippen molar-refractivity contribution >= 4 is 5.97 Å². The summed E-state index contributed by atoms with van der Waals surface area (Å²) < 4.78 is 6.76. The van der Waals surface area contributed by atoms with Gasteiger partial charge in [0.1, 0.15) is 5.69 Å². The predicted molar refractivity (Wildman–Crippen MR) is 55.4 cm³/mol. The molecule has 3 nitrogen and oxygen atoms in total. The monoisotopic (exact) mass is 195 g/mol. The van der Waals surface area contributed by atoms with Gasteiger partial charge in [-0.3, -0.25) is 0 Å². The second-order valence-corrected chi connectivity index (χ2v) is 3.31. The molecule has 0 spiro atoms. The van der Waals surface area contributed by atoms with Crippen LogP contribution in [0.1, 0.15) is 36.3 Å². The van der Waals surface area contributed by atoms with Gasteiger partial charge in [0.25, 0.3) is 0 Å². The number of rotatable bonds is 4. The Kier molecular flexibility index (Phi) is 3.74. The fourth-order valence-electron chi connectivity index (χ4n) is 1.47. The quantitative estimate of drug-likeness (QED) is 0.689. The number of aromatic nitrogens is 1. The first-order valence-corrected chi connectivity index (χ1v) is 5.01. The van der Waals surface area contributed by atoms with E-state index in [4.69, 9.17) is 4.74 Å². The molecule has 0 aliphatic heterocycles. The summed E-state index contributed by atoms with van der Waals surface area (Å²) in [6.07, 6.45) is 4.08. The number of hydrogen-bond donors (Lipinski definition) is 0. The first kappa shape index (κ1) is 10.8. The van der Waals surface area contributed by atoms with E-state index in [1.807, 2.05) is 30.8 Å². The normalized spacial score (nSPS) is 10.2. The van der Waals surface area contributed by atoms with Crippen molar-refractivity contribution < 1.29 is 9.53 Å². The highest BCUT2D eigenvalue weighted by Crippen LogP contribution is 2.10. The molecule has 0 saturated heterocycles. The Hall–Kier alpha value is -1.25. The third-order valence-electron chi connectivity index (χ3n) is 2.08. The molecule has 0 N–H and O–H groups in total. The van der Waals surface area contributed by atoms with E-state index in [0.29, 0.717) is 12.3 Å². The first-order valence-electron chi connectivity index (χ1n) is 5.01.